The van der Waals surface area contributed by atoms with Crippen LogP contribution in [0.4, 0.5) is 0 Å². The summed E-state index contributed by atoms with van der Waals surface area (Å²) in [5, 5.41) is 0. The van der Waals surface area contributed by atoms with E-state index < -0.39 is 0 Å². The minimum atomic E-state index is 0.574. The van der Waals surface area contributed by atoms with Gasteiger partial charge < -0.3 is 0 Å². The highest BCUT2D eigenvalue weighted by molar-refractivity contribution is 5.10. The van der Waals surface area contributed by atoms with Gasteiger partial charge >= 0.3 is 0 Å². The van der Waals surface area contributed by atoms with E-state index in [0.717, 1.165) is 31.1 Å². The van der Waals surface area contributed by atoms with Crippen LogP contribution >= 0.6 is 0 Å². The molecule has 0 heteroatoms. The molecule has 0 amide bonds. The van der Waals surface area contributed by atoms with Crippen LogP contribution in [0.2, 0.25) is 0 Å². The first-order chi connectivity index (χ1) is 13.2. The van der Waals surface area contributed by atoms with Gasteiger partial charge in [-0.15, -0.1) is 6.58 Å². The van der Waals surface area contributed by atoms with Crippen LogP contribution in [0.3, 0.4) is 0 Å². The zero-order valence-electron chi connectivity index (χ0n) is 20.0. The average molecular weight is 387 g/mol. The Morgan fingerprint density at radius 2 is 1.36 bits per heavy atom. The Morgan fingerprint density at radius 1 is 0.750 bits per heavy atom. The number of unbranched alkanes of at least 4 members (excludes halogenated alkanes) is 4. The predicted octanol–water partition coefficient (Wildman–Crippen LogP) is 9.84. The summed E-state index contributed by atoms with van der Waals surface area (Å²) in [7, 11) is 0. The number of rotatable bonds is 18. The van der Waals surface area contributed by atoms with Gasteiger partial charge in [0.1, 0.15) is 0 Å². The topological polar surface area (TPSA) is 0 Å². The molecule has 0 fully saturated rings. The molecule has 0 aromatic rings. The van der Waals surface area contributed by atoms with Gasteiger partial charge in [0.05, 0.1) is 0 Å². The molecule has 0 nitrogen and oxygen atoms in total. The maximum Gasteiger partial charge on any atom is -0.0134 e. The number of allylic oxidation sites excluding steroid dienone is 5. The van der Waals surface area contributed by atoms with Gasteiger partial charge in [0.2, 0.25) is 0 Å². The van der Waals surface area contributed by atoms with E-state index in [4.69, 9.17) is 0 Å². The second-order valence-electron chi connectivity index (χ2n) is 9.79. The Morgan fingerprint density at radius 3 is 1.96 bits per heavy atom. The molecule has 0 saturated carbocycles. The van der Waals surface area contributed by atoms with Crippen molar-refractivity contribution in [1.29, 1.82) is 0 Å². The molecular formula is C28H50. The predicted molar refractivity (Wildman–Crippen MR) is 131 cm³/mol. The summed E-state index contributed by atoms with van der Waals surface area (Å²) >= 11 is 0. The first-order valence-corrected chi connectivity index (χ1v) is 11.9. The fourth-order valence-corrected chi connectivity index (χ4v) is 3.44. The molecule has 1 unspecified atom stereocenters. The maximum absolute atomic E-state index is 4.46. The Balaban J connectivity index is 4.33. The van der Waals surface area contributed by atoms with Crippen LogP contribution in [-0.4, -0.2) is 0 Å². The molecule has 0 aliphatic heterocycles. The van der Waals surface area contributed by atoms with Gasteiger partial charge in [-0.1, -0.05) is 82.6 Å². The van der Waals surface area contributed by atoms with Crippen molar-refractivity contribution in [2.24, 2.45) is 17.8 Å². The summed E-state index contributed by atoms with van der Waals surface area (Å²) in [5.41, 5.74) is 4.16. The molecule has 0 rings (SSSR count). The van der Waals surface area contributed by atoms with Crippen molar-refractivity contribution in [1.82, 2.24) is 0 Å². The third kappa shape index (κ3) is 17.1. The smallest absolute Gasteiger partial charge is 0.0134 e. The molecule has 0 spiro atoms. The fourth-order valence-electron chi connectivity index (χ4n) is 3.44. The lowest BCUT2D eigenvalue weighted by Crippen LogP contribution is -2.06. The molecule has 0 saturated heterocycles. The molecular weight excluding hydrogens is 336 g/mol. The van der Waals surface area contributed by atoms with E-state index in [9.17, 15) is 0 Å². The SMILES string of the molecule is C=C(C)CCCCCC/C=C/CC(CC(=C)CCC(C)C)C(=C)CCC(C)C. The summed E-state index contributed by atoms with van der Waals surface area (Å²) in [6, 6.07) is 0. The van der Waals surface area contributed by atoms with Crippen molar-refractivity contribution in [3.8, 4) is 0 Å². The lowest BCUT2D eigenvalue weighted by Gasteiger charge is -2.21. The fraction of sp³-hybridized carbons (Fsp3) is 0.714. The molecule has 0 aliphatic carbocycles. The average Bonchev–Trinajstić information content (AvgIpc) is 2.61. The minimum Gasteiger partial charge on any atom is -0.100 e. The van der Waals surface area contributed by atoms with Gasteiger partial charge in [-0.25, -0.2) is 0 Å². The lowest BCUT2D eigenvalue weighted by atomic mass is 9.85. The Bertz CT molecular complexity index is 460. The molecule has 0 heterocycles. The van der Waals surface area contributed by atoms with Crippen LogP contribution < -0.4 is 0 Å². The quantitative estimate of drug-likeness (QED) is 0.162. The summed E-state index contributed by atoms with van der Waals surface area (Å²) in [6.45, 7) is 24.2. The highest BCUT2D eigenvalue weighted by atomic mass is 14.2. The van der Waals surface area contributed by atoms with Crippen molar-refractivity contribution in [3.05, 3.63) is 48.6 Å². The highest BCUT2D eigenvalue weighted by Crippen LogP contribution is 2.29. The largest absolute Gasteiger partial charge is 0.100 e. The van der Waals surface area contributed by atoms with Gasteiger partial charge in [-0.05, 0) is 88.9 Å². The first-order valence-electron chi connectivity index (χ1n) is 11.9. The third-order valence-corrected chi connectivity index (χ3v) is 5.54. The summed E-state index contributed by atoms with van der Waals surface area (Å²) < 4.78 is 0. The van der Waals surface area contributed by atoms with Crippen molar-refractivity contribution in [2.45, 2.75) is 112 Å². The summed E-state index contributed by atoms with van der Waals surface area (Å²) in [4.78, 5) is 0. The molecule has 0 N–H and O–H groups in total. The normalized spacial score (nSPS) is 12.8. The lowest BCUT2D eigenvalue weighted by molar-refractivity contribution is 0.514. The zero-order valence-corrected chi connectivity index (χ0v) is 20.0. The zero-order chi connectivity index (χ0) is 21.4. The molecule has 0 aliphatic rings. The standard InChI is InChI=1S/C28H50/c1-23(2)16-14-12-10-9-11-13-15-17-28(27(8)21-19-25(5)6)22-26(7)20-18-24(3)4/h13,15,24-25,28H,1,7-12,14,16-22H2,2-6H3/b15-13+. The van der Waals surface area contributed by atoms with E-state index >= 15 is 0 Å². The molecule has 1 atom stereocenters. The number of hydrogen-bond acceptors (Lipinski definition) is 0. The van der Waals surface area contributed by atoms with Crippen molar-refractivity contribution >= 4 is 0 Å². The molecule has 0 aromatic carbocycles. The second-order valence-corrected chi connectivity index (χ2v) is 9.79. The van der Waals surface area contributed by atoms with Crippen molar-refractivity contribution in [3.63, 3.8) is 0 Å². The number of hydrogen-bond donors (Lipinski definition) is 0. The Kier molecular flexibility index (Phi) is 16.2. The van der Waals surface area contributed by atoms with Gasteiger partial charge in [0, 0.05) is 0 Å². The highest BCUT2D eigenvalue weighted by Gasteiger charge is 2.13. The summed E-state index contributed by atoms with van der Waals surface area (Å²) in [5.74, 6) is 2.09. The Labute approximate surface area is 178 Å². The first kappa shape index (κ1) is 27.0. The Hall–Kier alpha value is -1.04. The van der Waals surface area contributed by atoms with E-state index in [1.165, 1.54) is 74.5 Å². The van der Waals surface area contributed by atoms with E-state index in [-0.39, 0.29) is 0 Å². The van der Waals surface area contributed by atoms with Crippen molar-refractivity contribution in [2.75, 3.05) is 0 Å². The third-order valence-electron chi connectivity index (χ3n) is 5.54. The van der Waals surface area contributed by atoms with E-state index in [2.05, 4.69) is 66.5 Å². The molecule has 0 aromatic heterocycles. The van der Waals surface area contributed by atoms with Crippen LogP contribution in [0.15, 0.2) is 48.6 Å². The monoisotopic (exact) mass is 386 g/mol. The van der Waals surface area contributed by atoms with Gasteiger partial charge in [0.15, 0.2) is 0 Å². The van der Waals surface area contributed by atoms with Crippen LogP contribution in [-0.2, 0) is 0 Å². The second kappa shape index (κ2) is 16.9. The van der Waals surface area contributed by atoms with E-state index in [1.54, 1.807) is 0 Å². The van der Waals surface area contributed by atoms with E-state index in [0.29, 0.717) is 5.92 Å². The van der Waals surface area contributed by atoms with Crippen LogP contribution in [0.5, 0.6) is 0 Å². The molecule has 0 radical (unpaired) electrons. The van der Waals surface area contributed by atoms with Crippen molar-refractivity contribution < 1.29 is 0 Å². The van der Waals surface area contributed by atoms with Crippen LogP contribution in [0.1, 0.15) is 112 Å². The van der Waals surface area contributed by atoms with Gasteiger partial charge in [-0.2, -0.15) is 0 Å². The minimum absolute atomic E-state index is 0.574. The van der Waals surface area contributed by atoms with Gasteiger partial charge in [-0.3, -0.25) is 0 Å². The van der Waals surface area contributed by atoms with E-state index in [1.807, 2.05) is 0 Å². The maximum atomic E-state index is 4.46. The van der Waals surface area contributed by atoms with Crippen LogP contribution in [0, 0.1) is 17.8 Å². The van der Waals surface area contributed by atoms with Gasteiger partial charge in [0.25, 0.3) is 0 Å². The van der Waals surface area contributed by atoms with Crippen LogP contribution in [0.25, 0.3) is 0 Å². The molecule has 28 heavy (non-hydrogen) atoms. The molecule has 0 bridgehead atoms. The summed E-state index contributed by atoms with van der Waals surface area (Å²) in [6.07, 6.45) is 19.6. The molecule has 162 valence electrons.